The second kappa shape index (κ2) is 10.4. The number of anilines is 1. The maximum Gasteiger partial charge on any atom is 0.265 e. The van der Waals surface area contributed by atoms with E-state index in [-0.39, 0.29) is 5.91 Å². The van der Waals surface area contributed by atoms with Gasteiger partial charge in [-0.3, -0.25) is 4.79 Å². The number of rotatable bonds is 9. The first-order chi connectivity index (χ1) is 14.1. The van der Waals surface area contributed by atoms with E-state index in [9.17, 15) is 4.79 Å². The van der Waals surface area contributed by atoms with Crippen molar-refractivity contribution in [2.75, 3.05) is 18.5 Å². The van der Waals surface area contributed by atoms with Crippen molar-refractivity contribution >= 4 is 23.2 Å². The molecule has 3 rings (SSSR count). The highest BCUT2D eigenvalue weighted by atomic mass is 35.5. The van der Waals surface area contributed by atoms with Gasteiger partial charge in [0.25, 0.3) is 5.91 Å². The van der Waals surface area contributed by atoms with Gasteiger partial charge in [-0.2, -0.15) is 0 Å². The standard InChI is InChI=1S/C23H22ClNO4/c1-17(29-22-10-6-5-9-21(22)24)23(26)25-18-11-13-20(14-12-18)28-16-15-27-19-7-3-2-4-8-19/h2-14,17H,15-16H2,1H3,(H,25,26)/t17-/m1/s1. The smallest absolute Gasteiger partial charge is 0.265 e. The number of halogens is 1. The third-order valence-corrected chi connectivity index (χ3v) is 4.31. The van der Waals surface area contributed by atoms with Crippen molar-refractivity contribution in [1.29, 1.82) is 0 Å². The molecular weight excluding hydrogens is 390 g/mol. The van der Waals surface area contributed by atoms with E-state index in [4.69, 9.17) is 25.8 Å². The molecular formula is C23H22ClNO4. The molecule has 0 aromatic heterocycles. The number of amides is 1. The Morgan fingerprint density at radius 3 is 2.10 bits per heavy atom. The summed E-state index contributed by atoms with van der Waals surface area (Å²) in [4.78, 5) is 12.3. The summed E-state index contributed by atoms with van der Waals surface area (Å²) in [6.45, 7) is 2.53. The molecule has 0 heterocycles. The van der Waals surface area contributed by atoms with E-state index in [0.29, 0.717) is 35.4 Å². The van der Waals surface area contributed by atoms with E-state index in [1.807, 2.05) is 30.3 Å². The van der Waals surface area contributed by atoms with Crippen molar-refractivity contribution in [3.05, 3.63) is 83.9 Å². The van der Waals surface area contributed by atoms with Crippen molar-refractivity contribution in [3.63, 3.8) is 0 Å². The summed E-state index contributed by atoms with van der Waals surface area (Å²) < 4.78 is 16.9. The number of carbonyl (C=O) groups excluding carboxylic acids is 1. The zero-order valence-electron chi connectivity index (χ0n) is 16.0. The summed E-state index contributed by atoms with van der Waals surface area (Å²) in [6.07, 6.45) is -0.694. The van der Waals surface area contributed by atoms with Gasteiger partial charge in [0.15, 0.2) is 6.10 Å². The highest BCUT2D eigenvalue weighted by Crippen LogP contribution is 2.24. The average molecular weight is 412 g/mol. The normalized spacial score (nSPS) is 11.4. The molecule has 0 saturated heterocycles. The minimum atomic E-state index is -0.694. The maximum absolute atomic E-state index is 12.3. The van der Waals surface area contributed by atoms with E-state index >= 15 is 0 Å². The highest BCUT2D eigenvalue weighted by molar-refractivity contribution is 6.32. The van der Waals surface area contributed by atoms with E-state index in [1.54, 1.807) is 55.5 Å². The van der Waals surface area contributed by atoms with Gasteiger partial charge in [0, 0.05) is 5.69 Å². The molecule has 0 unspecified atom stereocenters. The number of hydrogen-bond donors (Lipinski definition) is 1. The predicted octanol–water partition coefficient (Wildman–Crippen LogP) is 5.20. The molecule has 150 valence electrons. The summed E-state index contributed by atoms with van der Waals surface area (Å²) in [5, 5.41) is 3.27. The maximum atomic E-state index is 12.3. The second-order valence-electron chi connectivity index (χ2n) is 6.21. The number of para-hydroxylation sites is 2. The first kappa shape index (κ1) is 20.6. The van der Waals surface area contributed by atoms with Gasteiger partial charge in [0.05, 0.1) is 5.02 Å². The number of benzene rings is 3. The van der Waals surface area contributed by atoms with Crippen LogP contribution in [0.2, 0.25) is 5.02 Å². The van der Waals surface area contributed by atoms with E-state index in [1.165, 1.54) is 0 Å². The molecule has 0 radical (unpaired) electrons. The van der Waals surface area contributed by atoms with Gasteiger partial charge >= 0.3 is 0 Å². The van der Waals surface area contributed by atoms with Crippen molar-refractivity contribution in [2.45, 2.75) is 13.0 Å². The molecule has 0 spiro atoms. The molecule has 1 atom stereocenters. The van der Waals surface area contributed by atoms with Gasteiger partial charge in [-0.1, -0.05) is 41.9 Å². The van der Waals surface area contributed by atoms with Crippen LogP contribution in [0.25, 0.3) is 0 Å². The molecule has 0 saturated carbocycles. The van der Waals surface area contributed by atoms with Crippen LogP contribution in [0.5, 0.6) is 17.2 Å². The Bertz CT molecular complexity index is 916. The fourth-order valence-corrected chi connectivity index (χ4v) is 2.68. The molecule has 1 N–H and O–H groups in total. The summed E-state index contributed by atoms with van der Waals surface area (Å²) >= 11 is 6.06. The van der Waals surface area contributed by atoms with Gasteiger partial charge in [-0.05, 0) is 55.5 Å². The lowest BCUT2D eigenvalue weighted by Gasteiger charge is -2.15. The Morgan fingerprint density at radius 2 is 1.45 bits per heavy atom. The third kappa shape index (κ3) is 6.43. The van der Waals surface area contributed by atoms with Crippen LogP contribution < -0.4 is 19.5 Å². The monoisotopic (exact) mass is 411 g/mol. The zero-order valence-corrected chi connectivity index (χ0v) is 16.8. The summed E-state index contributed by atoms with van der Waals surface area (Å²) in [5.74, 6) is 1.70. The van der Waals surface area contributed by atoms with Crippen LogP contribution in [0.4, 0.5) is 5.69 Å². The molecule has 3 aromatic rings. The van der Waals surface area contributed by atoms with Crippen molar-refractivity contribution in [2.24, 2.45) is 0 Å². The molecule has 29 heavy (non-hydrogen) atoms. The van der Waals surface area contributed by atoms with E-state index < -0.39 is 6.10 Å². The van der Waals surface area contributed by atoms with Crippen LogP contribution in [-0.2, 0) is 4.79 Å². The van der Waals surface area contributed by atoms with Crippen molar-refractivity contribution in [1.82, 2.24) is 0 Å². The van der Waals surface area contributed by atoms with Crippen molar-refractivity contribution in [3.8, 4) is 17.2 Å². The van der Waals surface area contributed by atoms with Gasteiger partial charge < -0.3 is 19.5 Å². The Hall–Kier alpha value is -3.18. The van der Waals surface area contributed by atoms with Crippen LogP contribution in [-0.4, -0.2) is 25.2 Å². The van der Waals surface area contributed by atoms with Gasteiger partial charge in [0.2, 0.25) is 0 Å². The first-order valence-corrected chi connectivity index (χ1v) is 9.62. The largest absolute Gasteiger partial charge is 0.490 e. The lowest BCUT2D eigenvalue weighted by atomic mass is 10.2. The molecule has 0 aliphatic heterocycles. The molecule has 0 bridgehead atoms. The summed E-state index contributed by atoms with van der Waals surface area (Å²) in [7, 11) is 0. The topological polar surface area (TPSA) is 56.8 Å². The molecule has 0 aliphatic rings. The minimum Gasteiger partial charge on any atom is -0.490 e. The number of carbonyl (C=O) groups is 1. The minimum absolute atomic E-state index is 0.269. The van der Waals surface area contributed by atoms with Crippen LogP contribution in [0, 0.1) is 0 Å². The average Bonchev–Trinajstić information content (AvgIpc) is 2.74. The van der Waals surface area contributed by atoms with Crippen LogP contribution in [0.1, 0.15) is 6.92 Å². The SMILES string of the molecule is C[C@@H](Oc1ccccc1Cl)C(=O)Nc1ccc(OCCOc2ccccc2)cc1. The lowest BCUT2D eigenvalue weighted by molar-refractivity contribution is -0.122. The number of nitrogens with one attached hydrogen (secondary N) is 1. The zero-order chi connectivity index (χ0) is 20.5. The molecule has 5 nitrogen and oxygen atoms in total. The van der Waals surface area contributed by atoms with Gasteiger partial charge in [-0.15, -0.1) is 0 Å². The summed E-state index contributed by atoms with van der Waals surface area (Å²) in [5.41, 5.74) is 0.650. The highest BCUT2D eigenvalue weighted by Gasteiger charge is 2.16. The second-order valence-corrected chi connectivity index (χ2v) is 6.62. The summed E-state index contributed by atoms with van der Waals surface area (Å²) in [6, 6.07) is 23.7. The molecule has 0 fully saturated rings. The Kier molecular flexibility index (Phi) is 7.36. The Morgan fingerprint density at radius 1 is 0.862 bits per heavy atom. The number of ether oxygens (including phenoxy) is 3. The van der Waals surface area contributed by atoms with E-state index in [2.05, 4.69) is 5.32 Å². The molecule has 3 aromatic carbocycles. The Labute approximate surface area is 175 Å². The molecule has 0 aliphatic carbocycles. The fraction of sp³-hybridized carbons (Fsp3) is 0.174. The van der Waals surface area contributed by atoms with Gasteiger partial charge in [-0.25, -0.2) is 0 Å². The number of hydrogen-bond acceptors (Lipinski definition) is 4. The van der Waals surface area contributed by atoms with Crippen molar-refractivity contribution < 1.29 is 19.0 Å². The first-order valence-electron chi connectivity index (χ1n) is 9.24. The van der Waals surface area contributed by atoms with Crippen LogP contribution in [0.3, 0.4) is 0 Å². The fourth-order valence-electron chi connectivity index (χ4n) is 2.50. The van der Waals surface area contributed by atoms with Crippen LogP contribution in [0.15, 0.2) is 78.9 Å². The predicted molar refractivity (Wildman–Crippen MR) is 114 cm³/mol. The Balaban J connectivity index is 1.43. The quantitative estimate of drug-likeness (QED) is 0.491. The van der Waals surface area contributed by atoms with E-state index in [0.717, 1.165) is 5.75 Å². The lowest BCUT2D eigenvalue weighted by Crippen LogP contribution is -2.30. The molecule has 1 amide bonds. The third-order valence-electron chi connectivity index (χ3n) is 4.00. The van der Waals surface area contributed by atoms with Crippen LogP contribution >= 0.6 is 11.6 Å². The molecule has 6 heteroatoms. The van der Waals surface area contributed by atoms with Gasteiger partial charge in [0.1, 0.15) is 30.5 Å².